The number of hydrogen-bond acceptors (Lipinski definition) is 5. The van der Waals surface area contributed by atoms with Gasteiger partial charge in [-0.05, 0) is 44.1 Å². The molecule has 2 saturated heterocycles. The standard InChI is InChI=1S/C16H21FN2O4S.ClH/c1-24(21,22)12-2-3-14(13(17)10-12)23-15-6-9-19(16(15)20)11-4-7-18-8-5-11;/h2-3,10-11,15,18H,4-9H2,1H3;1H/t15-;/m0./s1. The number of carbonyl (C=O) groups is 1. The maximum atomic E-state index is 14.1. The third-order valence-electron chi connectivity index (χ3n) is 4.54. The van der Waals surface area contributed by atoms with Gasteiger partial charge in [-0.15, -0.1) is 12.4 Å². The summed E-state index contributed by atoms with van der Waals surface area (Å²) < 4.78 is 42.5. The van der Waals surface area contributed by atoms with Crippen LogP contribution >= 0.6 is 12.4 Å². The summed E-state index contributed by atoms with van der Waals surface area (Å²) in [5, 5.41) is 3.26. The van der Waals surface area contributed by atoms with Crippen molar-refractivity contribution in [2.24, 2.45) is 0 Å². The van der Waals surface area contributed by atoms with Gasteiger partial charge in [-0.1, -0.05) is 0 Å². The van der Waals surface area contributed by atoms with E-state index in [-0.39, 0.29) is 35.0 Å². The minimum atomic E-state index is -3.48. The quantitative estimate of drug-likeness (QED) is 0.837. The van der Waals surface area contributed by atoms with Gasteiger partial charge >= 0.3 is 0 Å². The average Bonchev–Trinajstić information content (AvgIpc) is 2.90. The van der Waals surface area contributed by atoms with E-state index < -0.39 is 21.8 Å². The zero-order valence-electron chi connectivity index (χ0n) is 13.9. The zero-order valence-corrected chi connectivity index (χ0v) is 15.5. The Hall–Kier alpha value is -1.38. The summed E-state index contributed by atoms with van der Waals surface area (Å²) in [7, 11) is -3.48. The first-order valence-corrected chi connectivity index (χ1v) is 9.93. The van der Waals surface area contributed by atoms with Crippen molar-refractivity contribution in [3.8, 4) is 5.75 Å². The molecule has 1 atom stereocenters. The highest BCUT2D eigenvalue weighted by atomic mass is 35.5. The Morgan fingerprint density at radius 1 is 1.24 bits per heavy atom. The Morgan fingerprint density at radius 3 is 2.52 bits per heavy atom. The molecule has 2 aliphatic heterocycles. The first-order chi connectivity index (χ1) is 11.4. The minimum Gasteiger partial charge on any atom is -0.477 e. The number of rotatable bonds is 4. The Balaban J connectivity index is 0.00000225. The normalized spacial score (nSPS) is 21.9. The molecule has 3 rings (SSSR count). The number of hydrogen-bond donors (Lipinski definition) is 1. The minimum absolute atomic E-state index is 0. The number of halogens is 2. The lowest BCUT2D eigenvalue weighted by molar-refractivity contribution is -0.135. The van der Waals surface area contributed by atoms with Crippen molar-refractivity contribution in [2.75, 3.05) is 25.9 Å². The van der Waals surface area contributed by atoms with Crippen LogP contribution in [-0.2, 0) is 14.6 Å². The van der Waals surface area contributed by atoms with Crippen molar-refractivity contribution in [1.82, 2.24) is 10.2 Å². The van der Waals surface area contributed by atoms with Gasteiger partial charge < -0.3 is 15.0 Å². The fraction of sp³-hybridized carbons (Fsp3) is 0.562. The molecule has 25 heavy (non-hydrogen) atoms. The van der Waals surface area contributed by atoms with E-state index >= 15 is 0 Å². The summed E-state index contributed by atoms with van der Waals surface area (Å²) >= 11 is 0. The molecule has 0 radical (unpaired) electrons. The van der Waals surface area contributed by atoms with Crippen LogP contribution in [0.25, 0.3) is 0 Å². The summed E-state index contributed by atoms with van der Waals surface area (Å²) in [6.07, 6.45) is 2.64. The number of carbonyl (C=O) groups excluding carboxylic acids is 1. The van der Waals surface area contributed by atoms with Gasteiger partial charge in [0, 0.05) is 25.3 Å². The Morgan fingerprint density at radius 2 is 1.92 bits per heavy atom. The molecule has 6 nitrogen and oxygen atoms in total. The summed E-state index contributed by atoms with van der Waals surface area (Å²) in [5.41, 5.74) is 0. The zero-order chi connectivity index (χ0) is 17.3. The van der Waals surface area contributed by atoms with Crippen LogP contribution in [0.15, 0.2) is 23.1 Å². The molecule has 1 aromatic carbocycles. The number of amides is 1. The van der Waals surface area contributed by atoms with Crippen molar-refractivity contribution in [3.63, 3.8) is 0 Å². The number of likely N-dealkylation sites (tertiary alicyclic amines) is 1. The lowest BCUT2D eigenvalue weighted by atomic mass is 10.1. The molecule has 0 aromatic heterocycles. The van der Waals surface area contributed by atoms with E-state index in [1.165, 1.54) is 12.1 Å². The fourth-order valence-corrected chi connectivity index (χ4v) is 3.86. The van der Waals surface area contributed by atoms with Crippen molar-refractivity contribution in [2.45, 2.75) is 36.3 Å². The van der Waals surface area contributed by atoms with E-state index in [1.54, 1.807) is 0 Å². The molecule has 0 bridgehead atoms. The second-order valence-electron chi connectivity index (χ2n) is 6.27. The Bertz CT molecular complexity index is 738. The predicted molar refractivity (Wildman–Crippen MR) is 93.4 cm³/mol. The van der Waals surface area contributed by atoms with Gasteiger partial charge in [0.25, 0.3) is 5.91 Å². The molecule has 2 aliphatic rings. The van der Waals surface area contributed by atoms with Crippen LogP contribution in [-0.4, -0.2) is 57.3 Å². The Kier molecular flexibility index (Phi) is 6.29. The van der Waals surface area contributed by atoms with E-state index in [0.29, 0.717) is 13.0 Å². The van der Waals surface area contributed by atoms with Crippen molar-refractivity contribution < 1.29 is 22.3 Å². The van der Waals surface area contributed by atoms with Crippen molar-refractivity contribution >= 4 is 28.2 Å². The maximum Gasteiger partial charge on any atom is 0.263 e. The highest BCUT2D eigenvalue weighted by Crippen LogP contribution is 2.27. The van der Waals surface area contributed by atoms with E-state index in [2.05, 4.69) is 5.32 Å². The molecular weight excluding hydrogens is 371 g/mol. The van der Waals surface area contributed by atoms with Crippen LogP contribution in [0.1, 0.15) is 19.3 Å². The van der Waals surface area contributed by atoms with Gasteiger partial charge in [0.2, 0.25) is 0 Å². The van der Waals surface area contributed by atoms with Gasteiger partial charge in [0.15, 0.2) is 27.5 Å². The molecule has 1 aromatic rings. The van der Waals surface area contributed by atoms with Gasteiger partial charge in [0.05, 0.1) is 4.90 Å². The van der Waals surface area contributed by atoms with Crippen LogP contribution < -0.4 is 10.1 Å². The second kappa shape index (κ2) is 7.88. The van der Waals surface area contributed by atoms with E-state index in [0.717, 1.165) is 38.3 Å². The summed E-state index contributed by atoms with van der Waals surface area (Å²) in [6.45, 7) is 2.39. The number of ether oxygens (including phenoxy) is 1. The molecular formula is C16H22ClFN2O4S. The molecule has 0 saturated carbocycles. The number of nitrogens with zero attached hydrogens (tertiary/aromatic N) is 1. The molecule has 0 aliphatic carbocycles. The fourth-order valence-electron chi connectivity index (χ4n) is 3.23. The smallest absolute Gasteiger partial charge is 0.263 e. The number of benzene rings is 1. The molecule has 1 amide bonds. The maximum absolute atomic E-state index is 14.1. The number of sulfone groups is 1. The van der Waals surface area contributed by atoms with E-state index in [1.807, 2.05) is 4.90 Å². The van der Waals surface area contributed by atoms with Gasteiger partial charge in [-0.3, -0.25) is 4.79 Å². The molecule has 2 heterocycles. The third kappa shape index (κ3) is 4.43. The topological polar surface area (TPSA) is 75.7 Å². The molecule has 140 valence electrons. The van der Waals surface area contributed by atoms with Crippen LogP contribution in [0.5, 0.6) is 5.75 Å². The first-order valence-electron chi connectivity index (χ1n) is 8.04. The van der Waals surface area contributed by atoms with Crippen LogP contribution in [0, 0.1) is 5.82 Å². The van der Waals surface area contributed by atoms with Crippen LogP contribution in [0.3, 0.4) is 0 Å². The Labute approximate surface area is 153 Å². The van der Waals surface area contributed by atoms with Crippen molar-refractivity contribution in [1.29, 1.82) is 0 Å². The summed E-state index contributed by atoms with van der Waals surface area (Å²) in [4.78, 5) is 14.2. The summed E-state index contributed by atoms with van der Waals surface area (Å²) in [5.74, 6) is -0.979. The van der Waals surface area contributed by atoms with Gasteiger partial charge in [0.1, 0.15) is 0 Å². The van der Waals surface area contributed by atoms with Gasteiger partial charge in [-0.2, -0.15) is 0 Å². The van der Waals surface area contributed by atoms with Crippen LogP contribution in [0.2, 0.25) is 0 Å². The predicted octanol–water partition coefficient (Wildman–Crippen LogP) is 1.38. The van der Waals surface area contributed by atoms with Crippen LogP contribution in [0.4, 0.5) is 4.39 Å². The first kappa shape index (κ1) is 19.9. The van der Waals surface area contributed by atoms with E-state index in [4.69, 9.17) is 4.74 Å². The monoisotopic (exact) mass is 392 g/mol. The number of nitrogens with one attached hydrogen (secondary N) is 1. The molecule has 9 heteroatoms. The summed E-state index contributed by atoms with van der Waals surface area (Å²) in [6, 6.07) is 3.70. The van der Waals surface area contributed by atoms with Gasteiger partial charge in [-0.25, -0.2) is 12.8 Å². The lowest BCUT2D eigenvalue weighted by Crippen LogP contribution is -2.45. The van der Waals surface area contributed by atoms with E-state index in [9.17, 15) is 17.6 Å². The second-order valence-corrected chi connectivity index (χ2v) is 8.29. The average molecular weight is 393 g/mol. The van der Waals surface area contributed by atoms with Crippen molar-refractivity contribution in [3.05, 3.63) is 24.0 Å². The highest BCUT2D eigenvalue weighted by Gasteiger charge is 2.38. The third-order valence-corrected chi connectivity index (χ3v) is 5.65. The highest BCUT2D eigenvalue weighted by molar-refractivity contribution is 7.90. The molecule has 2 fully saturated rings. The SMILES string of the molecule is CS(=O)(=O)c1ccc(O[C@H]2CCN(C3CCNCC3)C2=O)c(F)c1.Cl. The largest absolute Gasteiger partial charge is 0.477 e. The molecule has 1 N–H and O–H groups in total. The number of piperidine rings is 1. The lowest BCUT2D eigenvalue weighted by Gasteiger charge is -2.31. The molecule has 0 unspecified atom stereocenters. The molecule has 0 spiro atoms.